The summed E-state index contributed by atoms with van der Waals surface area (Å²) >= 11 is 0. The Hall–Kier alpha value is -3.60. The van der Waals surface area contributed by atoms with Gasteiger partial charge < -0.3 is 10.5 Å². The molecule has 0 atom stereocenters. The van der Waals surface area contributed by atoms with Gasteiger partial charge in [-0.3, -0.25) is 9.89 Å². The molecule has 3 N–H and O–H groups in total. The Morgan fingerprint density at radius 1 is 1.23 bits per heavy atom. The zero-order valence-corrected chi connectivity index (χ0v) is 14.0. The SMILES string of the molecule is C=C/C=C(\C=C/N)COc1ccc2[nH]nc3c2c1C(=O)c1ccccc1-3. The molecule has 0 saturated heterocycles. The van der Waals surface area contributed by atoms with E-state index in [0.717, 1.165) is 27.7 Å². The maximum absolute atomic E-state index is 13.1. The largest absolute Gasteiger partial charge is 0.488 e. The van der Waals surface area contributed by atoms with Crippen LogP contribution in [0.4, 0.5) is 0 Å². The molecule has 5 heteroatoms. The van der Waals surface area contributed by atoms with Crippen LogP contribution in [0.1, 0.15) is 15.9 Å². The normalized spacial score (nSPS) is 13.2. The minimum absolute atomic E-state index is 0.0567. The number of nitrogens with one attached hydrogen (secondary N) is 1. The van der Waals surface area contributed by atoms with E-state index in [1.807, 2.05) is 36.4 Å². The fraction of sp³-hybridized carbons (Fsp3) is 0.0476. The molecule has 5 nitrogen and oxygen atoms in total. The van der Waals surface area contributed by atoms with E-state index in [-0.39, 0.29) is 12.4 Å². The Balaban J connectivity index is 1.83. The highest BCUT2D eigenvalue weighted by molar-refractivity contribution is 6.26. The number of ether oxygens (including phenoxy) is 1. The molecule has 4 rings (SSSR count). The number of hydrogen-bond donors (Lipinski definition) is 2. The quantitative estimate of drug-likeness (QED) is 0.541. The Bertz CT molecular complexity index is 1090. The van der Waals surface area contributed by atoms with Crippen LogP contribution in [0.3, 0.4) is 0 Å². The highest BCUT2D eigenvalue weighted by Gasteiger charge is 2.30. The van der Waals surface area contributed by atoms with E-state index in [4.69, 9.17) is 10.5 Å². The maximum Gasteiger partial charge on any atom is 0.198 e. The van der Waals surface area contributed by atoms with Crippen molar-refractivity contribution >= 4 is 16.7 Å². The van der Waals surface area contributed by atoms with Crippen molar-refractivity contribution in [3.05, 3.63) is 84.1 Å². The minimum Gasteiger partial charge on any atom is -0.488 e. The molecule has 2 aromatic carbocycles. The molecule has 0 unspecified atom stereocenters. The van der Waals surface area contributed by atoms with Gasteiger partial charge in [-0.1, -0.05) is 43.0 Å². The molecule has 128 valence electrons. The Morgan fingerprint density at radius 2 is 2.04 bits per heavy atom. The molecule has 0 aliphatic heterocycles. The van der Waals surface area contributed by atoms with E-state index in [1.165, 1.54) is 6.20 Å². The number of nitrogens with two attached hydrogens (primary N) is 1. The molecule has 0 radical (unpaired) electrons. The van der Waals surface area contributed by atoms with Gasteiger partial charge in [0.1, 0.15) is 18.1 Å². The number of allylic oxidation sites excluding steroid dienone is 2. The van der Waals surface area contributed by atoms with Gasteiger partial charge in [-0.05, 0) is 30.0 Å². The van der Waals surface area contributed by atoms with E-state index < -0.39 is 0 Å². The van der Waals surface area contributed by atoms with Crippen molar-refractivity contribution in [2.45, 2.75) is 0 Å². The van der Waals surface area contributed by atoms with Crippen LogP contribution in [-0.4, -0.2) is 22.6 Å². The smallest absolute Gasteiger partial charge is 0.198 e. The summed E-state index contributed by atoms with van der Waals surface area (Å²) in [5, 5.41) is 8.22. The van der Waals surface area contributed by atoms with Crippen molar-refractivity contribution in [2.24, 2.45) is 5.73 Å². The second-order valence-electron chi connectivity index (χ2n) is 5.93. The predicted molar refractivity (Wildman–Crippen MR) is 102 cm³/mol. The van der Waals surface area contributed by atoms with Gasteiger partial charge in [0.05, 0.1) is 11.1 Å². The average molecular weight is 343 g/mol. The van der Waals surface area contributed by atoms with Gasteiger partial charge >= 0.3 is 0 Å². The number of nitrogens with zero attached hydrogens (tertiary/aromatic N) is 1. The van der Waals surface area contributed by atoms with Gasteiger partial charge in [-0.2, -0.15) is 5.10 Å². The third-order valence-electron chi connectivity index (χ3n) is 4.38. The summed E-state index contributed by atoms with van der Waals surface area (Å²) in [7, 11) is 0. The summed E-state index contributed by atoms with van der Waals surface area (Å²) in [6, 6.07) is 11.2. The summed E-state index contributed by atoms with van der Waals surface area (Å²) < 4.78 is 5.96. The van der Waals surface area contributed by atoms with Crippen LogP contribution in [-0.2, 0) is 0 Å². The van der Waals surface area contributed by atoms with Crippen LogP contribution >= 0.6 is 0 Å². The summed E-state index contributed by atoms with van der Waals surface area (Å²) in [6.07, 6.45) is 6.67. The van der Waals surface area contributed by atoms with Gasteiger partial charge in [0.15, 0.2) is 5.78 Å². The number of ketones is 1. The highest BCUT2D eigenvalue weighted by Crippen LogP contribution is 2.41. The van der Waals surface area contributed by atoms with Crippen molar-refractivity contribution in [3.8, 4) is 17.0 Å². The van der Waals surface area contributed by atoms with Crippen molar-refractivity contribution < 1.29 is 9.53 Å². The first-order valence-corrected chi connectivity index (χ1v) is 8.22. The van der Waals surface area contributed by atoms with Crippen LogP contribution in [0.25, 0.3) is 22.2 Å². The monoisotopic (exact) mass is 343 g/mol. The van der Waals surface area contributed by atoms with E-state index in [2.05, 4.69) is 16.8 Å². The Morgan fingerprint density at radius 3 is 2.81 bits per heavy atom. The first-order chi connectivity index (χ1) is 12.7. The van der Waals surface area contributed by atoms with E-state index in [9.17, 15) is 4.79 Å². The third kappa shape index (κ3) is 2.41. The molecule has 1 aliphatic carbocycles. The Kier molecular flexibility index (Phi) is 3.89. The van der Waals surface area contributed by atoms with Crippen molar-refractivity contribution in [2.75, 3.05) is 6.61 Å². The average Bonchev–Trinajstić information content (AvgIpc) is 3.09. The molecule has 0 amide bonds. The lowest BCUT2D eigenvalue weighted by Crippen LogP contribution is -2.12. The minimum atomic E-state index is -0.0567. The van der Waals surface area contributed by atoms with Crippen molar-refractivity contribution in [1.29, 1.82) is 0 Å². The molecule has 0 spiro atoms. The number of benzene rings is 2. The van der Waals surface area contributed by atoms with Crippen LogP contribution < -0.4 is 10.5 Å². The molecule has 1 aliphatic rings. The van der Waals surface area contributed by atoms with E-state index >= 15 is 0 Å². The lowest BCUT2D eigenvalue weighted by atomic mass is 9.87. The zero-order valence-electron chi connectivity index (χ0n) is 14.0. The van der Waals surface area contributed by atoms with Crippen LogP contribution in [0.15, 0.2) is 73.0 Å². The zero-order chi connectivity index (χ0) is 18.1. The lowest BCUT2D eigenvalue weighted by Gasteiger charge is -2.18. The summed E-state index contributed by atoms with van der Waals surface area (Å²) in [5.74, 6) is 0.471. The number of aromatic nitrogens is 2. The molecule has 0 fully saturated rings. The predicted octanol–water partition coefficient (Wildman–Crippen LogP) is 3.74. The van der Waals surface area contributed by atoms with Gasteiger partial charge in [0.25, 0.3) is 0 Å². The summed E-state index contributed by atoms with van der Waals surface area (Å²) in [5.41, 5.74) is 9.93. The molecule has 26 heavy (non-hydrogen) atoms. The first-order valence-electron chi connectivity index (χ1n) is 8.22. The maximum atomic E-state index is 13.1. The molecule has 3 aromatic rings. The van der Waals surface area contributed by atoms with Gasteiger partial charge in [0.2, 0.25) is 0 Å². The second-order valence-corrected chi connectivity index (χ2v) is 5.93. The number of fused-ring (bicyclic) bond motifs is 2. The third-order valence-corrected chi connectivity index (χ3v) is 4.38. The first kappa shape index (κ1) is 15.9. The van der Waals surface area contributed by atoms with E-state index in [1.54, 1.807) is 18.2 Å². The van der Waals surface area contributed by atoms with Crippen molar-refractivity contribution in [3.63, 3.8) is 0 Å². The summed E-state index contributed by atoms with van der Waals surface area (Å²) in [4.78, 5) is 13.1. The molecule has 0 bridgehead atoms. The lowest BCUT2D eigenvalue weighted by molar-refractivity contribution is 0.103. The topological polar surface area (TPSA) is 81.0 Å². The number of rotatable bonds is 5. The van der Waals surface area contributed by atoms with Gasteiger partial charge in [-0.15, -0.1) is 0 Å². The molecule has 0 saturated carbocycles. The van der Waals surface area contributed by atoms with E-state index in [0.29, 0.717) is 16.9 Å². The number of aromatic amines is 1. The van der Waals surface area contributed by atoms with Crippen LogP contribution in [0, 0.1) is 0 Å². The van der Waals surface area contributed by atoms with Gasteiger partial charge in [0, 0.05) is 16.5 Å². The molecular formula is C21H17N3O2. The standard InChI is InChI=1S/C21H17N3O2/c1-2-5-13(10-11-22)12-26-17-9-8-16-18-19(17)21(25)15-7-4-3-6-14(15)20(18)24-23-16/h2-11H,1,12,22H2,(H,23,24)/b11-10-,13-5+. The number of H-pyrrole nitrogens is 1. The molecule has 1 heterocycles. The molecule has 1 aromatic heterocycles. The number of carbonyl (C=O) groups is 1. The summed E-state index contributed by atoms with van der Waals surface area (Å²) in [6.45, 7) is 3.97. The number of hydrogen-bond acceptors (Lipinski definition) is 4. The fourth-order valence-electron chi connectivity index (χ4n) is 3.25. The Labute approximate surface area is 150 Å². The molecular weight excluding hydrogens is 326 g/mol. The number of carbonyl (C=O) groups excluding carboxylic acids is 1. The van der Waals surface area contributed by atoms with Crippen molar-refractivity contribution in [1.82, 2.24) is 10.2 Å². The van der Waals surface area contributed by atoms with Gasteiger partial charge in [-0.25, -0.2) is 0 Å². The highest BCUT2D eigenvalue weighted by atomic mass is 16.5. The fourth-order valence-corrected chi connectivity index (χ4v) is 3.25. The second kappa shape index (κ2) is 6.37. The van der Waals surface area contributed by atoms with Crippen LogP contribution in [0.2, 0.25) is 0 Å². The van der Waals surface area contributed by atoms with Crippen LogP contribution in [0.5, 0.6) is 5.75 Å².